The molecule has 0 amide bonds. The first-order chi connectivity index (χ1) is 9.54. The van der Waals surface area contributed by atoms with Gasteiger partial charge in [0.1, 0.15) is 11.3 Å². The highest BCUT2D eigenvalue weighted by Crippen LogP contribution is 2.27. The van der Waals surface area contributed by atoms with Gasteiger partial charge in [-0.3, -0.25) is 0 Å². The number of aromatic nitrogens is 2. The molecule has 0 radical (unpaired) electrons. The number of halogens is 2. The van der Waals surface area contributed by atoms with Crippen LogP contribution in [0.5, 0.6) is 0 Å². The van der Waals surface area contributed by atoms with Gasteiger partial charge in [-0.2, -0.15) is 0 Å². The Bertz CT molecular complexity index is 577. The van der Waals surface area contributed by atoms with Crippen LogP contribution < -0.4 is 0 Å². The Kier molecular flexibility index (Phi) is 5.03. The molecular weight excluding hydrogens is 275 g/mol. The summed E-state index contributed by atoms with van der Waals surface area (Å²) >= 11 is 5.86. The zero-order valence-corrected chi connectivity index (χ0v) is 13.1. The van der Waals surface area contributed by atoms with Crippen molar-refractivity contribution < 1.29 is 4.39 Å². The summed E-state index contributed by atoms with van der Waals surface area (Å²) < 4.78 is 16.0. The highest BCUT2D eigenvalue weighted by Gasteiger charge is 2.17. The Balaban J connectivity index is 2.43. The molecule has 0 saturated carbocycles. The predicted molar refractivity (Wildman–Crippen MR) is 82.9 cm³/mol. The maximum Gasteiger partial charge on any atom is 0.151 e. The van der Waals surface area contributed by atoms with Gasteiger partial charge in [-0.25, -0.2) is 9.37 Å². The van der Waals surface area contributed by atoms with Crippen molar-refractivity contribution in [3.8, 4) is 0 Å². The fourth-order valence-corrected chi connectivity index (χ4v) is 2.76. The summed E-state index contributed by atoms with van der Waals surface area (Å²) in [6, 6.07) is 5.45. The molecule has 0 aliphatic heterocycles. The second kappa shape index (κ2) is 6.57. The van der Waals surface area contributed by atoms with Crippen LogP contribution in [-0.4, -0.2) is 15.4 Å². The number of imidazole rings is 1. The number of hydrogen-bond acceptors (Lipinski definition) is 1. The van der Waals surface area contributed by atoms with Gasteiger partial charge < -0.3 is 4.57 Å². The van der Waals surface area contributed by atoms with Gasteiger partial charge >= 0.3 is 0 Å². The molecular formula is C16H22ClFN2. The van der Waals surface area contributed by atoms with Gasteiger partial charge in [-0.15, -0.1) is 11.6 Å². The fourth-order valence-electron chi connectivity index (χ4n) is 2.59. The Hall–Kier alpha value is -1.09. The molecule has 0 spiro atoms. The summed E-state index contributed by atoms with van der Waals surface area (Å²) in [5.41, 5.74) is 1.34. The Morgan fingerprint density at radius 1 is 1.25 bits per heavy atom. The minimum absolute atomic E-state index is 0.256. The third-order valence-corrected chi connectivity index (χ3v) is 3.85. The number of aryl methyl sites for hydroxylation is 1. The van der Waals surface area contributed by atoms with Crippen LogP contribution in [0.25, 0.3) is 11.0 Å². The number of hydrogen-bond donors (Lipinski definition) is 0. The smallest absolute Gasteiger partial charge is 0.151 e. The molecule has 0 aliphatic rings. The number of rotatable bonds is 6. The molecule has 4 heteroatoms. The summed E-state index contributed by atoms with van der Waals surface area (Å²) in [7, 11) is 0. The number of nitrogens with zero attached hydrogens (tertiary/aromatic N) is 2. The monoisotopic (exact) mass is 296 g/mol. The Morgan fingerprint density at radius 2 is 2.00 bits per heavy atom. The molecule has 2 nitrogen and oxygen atoms in total. The average Bonchev–Trinajstić information content (AvgIpc) is 2.76. The molecule has 0 N–H and O–H groups in total. The largest absolute Gasteiger partial charge is 0.325 e. The quantitative estimate of drug-likeness (QED) is 0.689. The second-order valence-electron chi connectivity index (χ2n) is 5.76. The van der Waals surface area contributed by atoms with E-state index < -0.39 is 0 Å². The van der Waals surface area contributed by atoms with Gasteiger partial charge in [0.2, 0.25) is 0 Å². The van der Waals surface area contributed by atoms with Crippen molar-refractivity contribution in [3.05, 3.63) is 29.8 Å². The van der Waals surface area contributed by atoms with Gasteiger partial charge in [0.25, 0.3) is 0 Å². The lowest BCUT2D eigenvalue weighted by atomic mass is 10.0. The van der Waals surface area contributed by atoms with E-state index in [2.05, 4.69) is 30.3 Å². The fraction of sp³-hybridized carbons (Fsp3) is 0.562. The summed E-state index contributed by atoms with van der Waals surface area (Å²) in [4.78, 5) is 4.45. The summed E-state index contributed by atoms with van der Waals surface area (Å²) in [5.74, 6) is 1.80. The van der Waals surface area contributed by atoms with Gasteiger partial charge in [0, 0.05) is 18.3 Å². The van der Waals surface area contributed by atoms with Crippen molar-refractivity contribution in [2.75, 3.05) is 5.88 Å². The van der Waals surface area contributed by atoms with Crippen molar-refractivity contribution in [1.29, 1.82) is 0 Å². The molecule has 2 aromatic rings. The molecule has 0 fully saturated rings. The van der Waals surface area contributed by atoms with Crippen LogP contribution in [-0.2, 0) is 6.42 Å². The standard InChI is InChI=1S/C16H22ClFN2/c1-11(2)7-8-12(3)20-14-6-4-5-13(18)16(14)19-15(20)9-10-17/h4-6,11-12H,7-10H2,1-3H3. The summed E-state index contributed by atoms with van der Waals surface area (Å²) in [6.45, 7) is 6.61. The minimum atomic E-state index is -0.256. The number of fused-ring (bicyclic) bond motifs is 1. The van der Waals surface area contributed by atoms with Gasteiger partial charge in [-0.05, 0) is 37.8 Å². The second-order valence-corrected chi connectivity index (χ2v) is 6.14. The highest BCUT2D eigenvalue weighted by atomic mass is 35.5. The van der Waals surface area contributed by atoms with Gasteiger partial charge in [0.05, 0.1) is 5.52 Å². The maximum atomic E-state index is 13.9. The van der Waals surface area contributed by atoms with Crippen molar-refractivity contribution in [2.24, 2.45) is 5.92 Å². The van der Waals surface area contributed by atoms with E-state index in [0.717, 1.165) is 24.2 Å². The number of benzene rings is 1. The van der Waals surface area contributed by atoms with E-state index in [1.165, 1.54) is 6.07 Å². The van der Waals surface area contributed by atoms with Crippen LogP contribution in [0.4, 0.5) is 4.39 Å². The van der Waals surface area contributed by atoms with E-state index in [4.69, 9.17) is 11.6 Å². The summed E-state index contributed by atoms with van der Waals surface area (Å²) in [6.07, 6.45) is 2.88. The van der Waals surface area contributed by atoms with Gasteiger partial charge in [-0.1, -0.05) is 19.9 Å². The normalized spacial score (nSPS) is 13.3. The first-order valence-electron chi connectivity index (χ1n) is 7.25. The molecule has 0 bridgehead atoms. The lowest BCUT2D eigenvalue weighted by molar-refractivity contribution is 0.438. The lowest BCUT2D eigenvalue weighted by Gasteiger charge is -2.18. The topological polar surface area (TPSA) is 17.8 Å². The van der Waals surface area contributed by atoms with Crippen molar-refractivity contribution in [3.63, 3.8) is 0 Å². The molecule has 110 valence electrons. The predicted octanol–water partition coefficient (Wildman–Crippen LogP) is 4.95. The molecule has 20 heavy (non-hydrogen) atoms. The van der Waals surface area contributed by atoms with E-state index >= 15 is 0 Å². The van der Waals surface area contributed by atoms with Crippen LogP contribution in [0.2, 0.25) is 0 Å². The molecule has 1 aromatic carbocycles. The SMILES string of the molecule is CC(C)CCC(C)n1c(CCCl)nc2c(F)cccc21. The molecule has 0 saturated heterocycles. The van der Waals surface area contributed by atoms with Crippen molar-refractivity contribution >= 4 is 22.6 Å². The van der Waals surface area contributed by atoms with Crippen LogP contribution in [0.1, 0.15) is 45.5 Å². The van der Waals surface area contributed by atoms with E-state index in [9.17, 15) is 4.39 Å². The molecule has 1 unspecified atom stereocenters. The molecule has 1 aromatic heterocycles. The van der Waals surface area contributed by atoms with E-state index in [1.54, 1.807) is 6.07 Å². The van der Waals surface area contributed by atoms with E-state index in [1.807, 2.05) is 6.07 Å². The zero-order valence-electron chi connectivity index (χ0n) is 12.4. The first kappa shape index (κ1) is 15.3. The third kappa shape index (κ3) is 3.14. The van der Waals surface area contributed by atoms with Gasteiger partial charge in [0.15, 0.2) is 5.82 Å². The van der Waals surface area contributed by atoms with E-state index in [0.29, 0.717) is 29.8 Å². The Morgan fingerprint density at radius 3 is 2.65 bits per heavy atom. The highest BCUT2D eigenvalue weighted by molar-refractivity contribution is 6.17. The molecule has 1 atom stereocenters. The van der Waals surface area contributed by atoms with Crippen molar-refractivity contribution in [2.45, 2.75) is 46.1 Å². The van der Waals surface area contributed by atoms with Crippen LogP contribution in [0.3, 0.4) is 0 Å². The third-order valence-electron chi connectivity index (χ3n) is 3.66. The molecule has 2 rings (SSSR count). The minimum Gasteiger partial charge on any atom is -0.325 e. The maximum absolute atomic E-state index is 13.9. The first-order valence-corrected chi connectivity index (χ1v) is 7.79. The molecule has 1 heterocycles. The van der Waals surface area contributed by atoms with E-state index in [-0.39, 0.29) is 5.82 Å². The van der Waals surface area contributed by atoms with Crippen molar-refractivity contribution in [1.82, 2.24) is 9.55 Å². The van der Waals surface area contributed by atoms with Crippen LogP contribution in [0, 0.1) is 11.7 Å². The lowest BCUT2D eigenvalue weighted by Crippen LogP contribution is -2.11. The van der Waals surface area contributed by atoms with Crippen LogP contribution >= 0.6 is 11.6 Å². The van der Waals surface area contributed by atoms with Crippen LogP contribution in [0.15, 0.2) is 18.2 Å². The zero-order chi connectivity index (χ0) is 14.7. The Labute approximate surface area is 125 Å². The molecule has 0 aliphatic carbocycles. The number of alkyl halides is 1. The summed E-state index contributed by atoms with van der Waals surface area (Å²) in [5, 5.41) is 0. The average molecular weight is 297 g/mol. The number of para-hydroxylation sites is 1.